The molecule has 1 N–H and O–H groups in total. The molecule has 160 valence electrons. The van der Waals surface area contributed by atoms with Crippen molar-refractivity contribution in [1.29, 1.82) is 0 Å². The molecule has 2 aromatic carbocycles. The molecular weight excluding hydrogens is 402 g/mol. The number of nitrogens with one attached hydrogen (secondary N) is 1. The SMILES string of the molecule is CC(=O)Nc1ccc(N2C(=O)CC(N(Cc3ccc4c(c3)OCO4)C(C)=O)C2=O)cc1. The summed E-state index contributed by atoms with van der Waals surface area (Å²) in [5.41, 5.74) is 1.70. The van der Waals surface area contributed by atoms with Crippen LogP contribution in [-0.4, -0.2) is 41.4 Å². The van der Waals surface area contributed by atoms with Crippen molar-refractivity contribution in [1.82, 2.24) is 4.90 Å². The molecule has 1 unspecified atom stereocenters. The third-order valence-electron chi connectivity index (χ3n) is 5.14. The normalized spacial score (nSPS) is 17.1. The fourth-order valence-corrected chi connectivity index (χ4v) is 3.70. The van der Waals surface area contributed by atoms with E-state index in [9.17, 15) is 19.2 Å². The predicted octanol–water partition coefficient (Wildman–Crippen LogP) is 2.05. The van der Waals surface area contributed by atoms with Crippen molar-refractivity contribution in [2.75, 3.05) is 17.0 Å². The van der Waals surface area contributed by atoms with E-state index in [4.69, 9.17) is 9.47 Å². The molecular formula is C22H21N3O6. The number of benzene rings is 2. The first-order chi connectivity index (χ1) is 14.8. The summed E-state index contributed by atoms with van der Waals surface area (Å²) in [6, 6.07) is 10.8. The monoisotopic (exact) mass is 423 g/mol. The van der Waals surface area contributed by atoms with Crippen molar-refractivity contribution in [2.45, 2.75) is 32.9 Å². The highest BCUT2D eigenvalue weighted by Gasteiger charge is 2.43. The highest BCUT2D eigenvalue weighted by Crippen LogP contribution is 2.34. The van der Waals surface area contributed by atoms with Gasteiger partial charge in [-0.25, -0.2) is 4.90 Å². The van der Waals surface area contributed by atoms with Crippen LogP contribution in [0.3, 0.4) is 0 Å². The summed E-state index contributed by atoms with van der Waals surface area (Å²) < 4.78 is 10.7. The summed E-state index contributed by atoms with van der Waals surface area (Å²) in [7, 11) is 0. The average molecular weight is 423 g/mol. The first kappa shape index (κ1) is 20.4. The second kappa shape index (κ2) is 8.10. The van der Waals surface area contributed by atoms with Gasteiger partial charge in [0.15, 0.2) is 11.5 Å². The molecule has 0 spiro atoms. The molecule has 31 heavy (non-hydrogen) atoms. The Morgan fingerprint density at radius 3 is 2.45 bits per heavy atom. The molecule has 1 atom stereocenters. The zero-order valence-electron chi connectivity index (χ0n) is 17.1. The minimum absolute atomic E-state index is 0.101. The standard InChI is InChI=1S/C22H21N3O6/c1-13(26)23-16-4-6-17(7-5-16)25-21(28)10-18(22(25)29)24(14(2)27)11-15-3-8-19-20(9-15)31-12-30-19/h3-9,18H,10-12H2,1-2H3,(H,23,26). The molecule has 1 saturated heterocycles. The molecule has 9 heteroatoms. The van der Waals surface area contributed by atoms with E-state index in [1.54, 1.807) is 42.5 Å². The van der Waals surface area contributed by atoms with Gasteiger partial charge in [0, 0.05) is 26.1 Å². The average Bonchev–Trinajstić information content (AvgIpc) is 3.30. The highest BCUT2D eigenvalue weighted by atomic mass is 16.7. The molecule has 0 radical (unpaired) electrons. The number of ether oxygens (including phenoxy) is 2. The summed E-state index contributed by atoms with van der Waals surface area (Å²) in [6.45, 7) is 3.06. The Bertz CT molecular complexity index is 1070. The number of anilines is 2. The molecule has 9 nitrogen and oxygen atoms in total. The number of imide groups is 1. The molecule has 2 aromatic rings. The molecule has 4 amide bonds. The number of amides is 4. The molecule has 0 aromatic heterocycles. The summed E-state index contributed by atoms with van der Waals surface area (Å²) >= 11 is 0. The molecule has 0 bridgehead atoms. The van der Waals surface area contributed by atoms with Crippen LogP contribution in [0.25, 0.3) is 0 Å². The number of hydrogen-bond donors (Lipinski definition) is 1. The molecule has 2 aliphatic rings. The van der Waals surface area contributed by atoms with E-state index in [2.05, 4.69) is 5.32 Å². The van der Waals surface area contributed by atoms with Gasteiger partial charge in [0.1, 0.15) is 6.04 Å². The van der Waals surface area contributed by atoms with Crippen LogP contribution < -0.4 is 19.7 Å². The smallest absolute Gasteiger partial charge is 0.257 e. The zero-order chi connectivity index (χ0) is 22.1. The van der Waals surface area contributed by atoms with E-state index in [0.29, 0.717) is 22.9 Å². The van der Waals surface area contributed by atoms with Crippen molar-refractivity contribution in [3.05, 3.63) is 48.0 Å². The maximum Gasteiger partial charge on any atom is 0.257 e. The summed E-state index contributed by atoms with van der Waals surface area (Å²) in [5.74, 6) is -0.185. The lowest BCUT2D eigenvalue weighted by molar-refractivity contribution is -0.137. The number of hydrogen-bond acceptors (Lipinski definition) is 6. The summed E-state index contributed by atoms with van der Waals surface area (Å²) in [5, 5.41) is 2.63. The topological polar surface area (TPSA) is 105 Å². The van der Waals surface area contributed by atoms with Gasteiger partial charge in [-0.3, -0.25) is 19.2 Å². The van der Waals surface area contributed by atoms with Gasteiger partial charge in [-0.1, -0.05) is 6.07 Å². The second-order valence-electron chi connectivity index (χ2n) is 7.35. The van der Waals surface area contributed by atoms with Crippen LogP contribution in [0, 0.1) is 0 Å². The van der Waals surface area contributed by atoms with Gasteiger partial charge >= 0.3 is 0 Å². The number of fused-ring (bicyclic) bond motifs is 1. The van der Waals surface area contributed by atoms with Crippen molar-refractivity contribution in [2.24, 2.45) is 0 Å². The molecule has 4 rings (SSSR count). The van der Waals surface area contributed by atoms with Crippen LogP contribution in [0.4, 0.5) is 11.4 Å². The van der Waals surface area contributed by atoms with Crippen LogP contribution in [-0.2, 0) is 25.7 Å². The Morgan fingerprint density at radius 1 is 1.06 bits per heavy atom. The zero-order valence-corrected chi connectivity index (χ0v) is 17.1. The number of nitrogens with zero attached hydrogens (tertiary/aromatic N) is 2. The fraction of sp³-hybridized carbons (Fsp3) is 0.273. The van der Waals surface area contributed by atoms with E-state index in [1.165, 1.54) is 18.7 Å². The van der Waals surface area contributed by atoms with Gasteiger partial charge in [0.2, 0.25) is 24.5 Å². The number of carbonyl (C=O) groups is 4. The van der Waals surface area contributed by atoms with Crippen LogP contribution in [0.15, 0.2) is 42.5 Å². The lowest BCUT2D eigenvalue weighted by atomic mass is 10.1. The minimum Gasteiger partial charge on any atom is -0.454 e. The van der Waals surface area contributed by atoms with Gasteiger partial charge in [-0.15, -0.1) is 0 Å². The predicted molar refractivity (Wildman–Crippen MR) is 110 cm³/mol. The summed E-state index contributed by atoms with van der Waals surface area (Å²) in [6.07, 6.45) is -0.101. The number of rotatable bonds is 5. The highest BCUT2D eigenvalue weighted by molar-refractivity contribution is 6.23. The third-order valence-corrected chi connectivity index (χ3v) is 5.14. The van der Waals surface area contributed by atoms with E-state index in [1.807, 2.05) is 0 Å². The van der Waals surface area contributed by atoms with Gasteiger partial charge in [0.25, 0.3) is 5.91 Å². The largest absolute Gasteiger partial charge is 0.454 e. The van der Waals surface area contributed by atoms with E-state index < -0.39 is 11.9 Å². The van der Waals surface area contributed by atoms with Crippen molar-refractivity contribution < 1.29 is 28.7 Å². The van der Waals surface area contributed by atoms with Crippen molar-refractivity contribution in [3.8, 4) is 11.5 Å². The lowest BCUT2D eigenvalue weighted by Gasteiger charge is -2.26. The fourth-order valence-electron chi connectivity index (χ4n) is 3.70. The second-order valence-corrected chi connectivity index (χ2v) is 7.35. The van der Waals surface area contributed by atoms with Crippen LogP contribution in [0.5, 0.6) is 11.5 Å². The van der Waals surface area contributed by atoms with Crippen LogP contribution in [0.2, 0.25) is 0 Å². The minimum atomic E-state index is -0.898. The van der Waals surface area contributed by atoms with Crippen molar-refractivity contribution in [3.63, 3.8) is 0 Å². The molecule has 0 saturated carbocycles. The first-order valence-corrected chi connectivity index (χ1v) is 9.73. The Balaban J connectivity index is 1.54. The summed E-state index contributed by atoms with van der Waals surface area (Å²) in [4.78, 5) is 51.8. The molecule has 1 fully saturated rings. The maximum absolute atomic E-state index is 13.1. The van der Waals surface area contributed by atoms with Crippen LogP contribution in [0.1, 0.15) is 25.8 Å². The van der Waals surface area contributed by atoms with Crippen molar-refractivity contribution >= 4 is 35.0 Å². The Hall–Kier alpha value is -3.88. The van der Waals surface area contributed by atoms with Gasteiger partial charge in [-0.05, 0) is 42.0 Å². The molecule has 2 aliphatic heterocycles. The number of carbonyl (C=O) groups excluding carboxylic acids is 4. The third kappa shape index (κ3) is 4.07. The van der Waals surface area contributed by atoms with E-state index in [-0.39, 0.29) is 37.5 Å². The van der Waals surface area contributed by atoms with Gasteiger partial charge in [-0.2, -0.15) is 0 Å². The Kier molecular flexibility index (Phi) is 5.33. The van der Waals surface area contributed by atoms with E-state index in [0.717, 1.165) is 10.5 Å². The van der Waals surface area contributed by atoms with Gasteiger partial charge in [0.05, 0.1) is 12.1 Å². The Morgan fingerprint density at radius 2 is 1.77 bits per heavy atom. The quantitative estimate of drug-likeness (QED) is 0.738. The molecule has 2 heterocycles. The first-order valence-electron chi connectivity index (χ1n) is 9.73. The Labute approximate surface area is 178 Å². The van der Waals surface area contributed by atoms with E-state index >= 15 is 0 Å². The molecule has 0 aliphatic carbocycles. The van der Waals surface area contributed by atoms with Crippen LogP contribution >= 0.6 is 0 Å². The van der Waals surface area contributed by atoms with Gasteiger partial charge < -0.3 is 19.7 Å². The lowest BCUT2D eigenvalue weighted by Crippen LogP contribution is -2.44. The maximum atomic E-state index is 13.1.